The smallest absolute Gasteiger partial charge is 0.0980 e. The Kier molecular flexibility index (Phi) is 3.74. The van der Waals surface area contributed by atoms with Crippen molar-refractivity contribution in [2.45, 2.75) is 19.4 Å². The predicted molar refractivity (Wildman–Crippen MR) is 44.8 cm³/mol. The van der Waals surface area contributed by atoms with Crippen LogP contribution in [-0.2, 0) is 0 Å². The molecule has 0 aliphatic rings. The fourth-order valence-corrected chi connectivity index (χ4v) is 0.430. The lowest BCUT2D eigenvalue weighted by molar-refractivity contribution is 0.164. The lowest BCUT2D eigenvalue weighted by atomic mass is 10.1. The van der Waals surface area contributed by atoms with Crippen LogP contribution >= 0.6 is 0 Å². The van der Waals surface area contributed by atoms with E-state index in [0.717, 1.165) is 0 Å². The molecule has 0 radical (unpaired) electrons. The van der Waals surface area contributed by atoms with Crippen molar-refractivity contribution in [3.8, 4) is 0 Å². The highest BCUT2D eigenvalue weighted by Crippen LogP contribution is 2.05. The predicted octanol–water partition coefficient (Wildman–Crippen LogP) is 2.06. The first-order chi connectivity index (χ1) is 4.62. The molecule has 0 heterocycles. The Balaban J connectivity index is 3.98. The third-order valence-corrected chi connectivity index (χ3v) is 1.15. The number of allylic oxidation sites excluding steroid dienone is 3. The fraction of sp³-hybridized carbons (Fsp3) is 0.333. The summed E-state index contributed by atoms with van der Waals surface area (Å²) in [6.07, 6.45) is 8.72. The Morgan fingerprint density at radius 3 is 2.40 bits per heavy atom. The van der Waals surface area contributed by atoms with E-state index in [1.165, 1.54) is 6.08 Å². The monoisotopic (exact) mass is 138 g/mol. The summed E-state index contributed by atoms with van der Waals surface area (Å²) < 4.78 is 0. The standard InChI is InChI=1S/C9H14O/c1-4-6-7-8-9(3,10)5-2/h4-8,10H,2H2,1,3H3. The van der Waals surface area contributed by atoms with Crippen LogP contribution in [0, 0.1) is 0 Å². The minimum Gasteiger partial charge on any atom is -0.382 e. The molecule has 0 bridgehead atoms. The molecule has 0 saturated carbocycles. The zero-order valence-electron chi connectivity index (χ0n) is 6.54. The zero-order chi connectivity index (χ0) is 8.04. The Bertz CT molecular complexity index is 152. The van der Waals surface area contributed by atoms with Gasteiger partial charge in [-0.05, 0) is 19.9 Å². The van der Waals surface area contributed by atoms with Gasteiger partial charge in [-0.25, -0.2) is 0 Å². The first-order valence-corrected chi connectivity index (χ1v) is 3.29. The Morgan fingerprint density at radius 2 is 2.00 bits per heavy atom. The minimum atomic E-state index is -0.875. The second-order valence-electron chi connectivity index (χ2n) is 2.31. The molecule has 56 valence electrons. The van der Waals surface area contributed by atoms with Crippen molar-refractivity contribution in [2.75, 3.05) is 0 Å². The van der Waals surface area contributed by atoms with Crippen LogP contribution in [0.15, 0.2) is 37.0 Å². The van der Waals surface area contributed by atoms with E-state index >= 15 is 0 Å². The first-order valence-electron chi connectivity index (χ1n) is 3.29. The van der Waals surface area contributed by atoms with Gasteiger partial charge in [-0.1, -0.05) is 30.9 Å². The molecular formula is C9H14O. The van der Waals surface area contributed by atoms with E-state index in [1.54, 1.807) is 19.1 Å². The van der Waals surface area contributed by atoms with Gasteiger partial charge in [-0.2, -0.15) is 0 Å². The highest BCUT2D eigenvalue weighted by atomic mass is 16.3. The first kappa shape index (κ1) is 9.18. The molecule has 0 aromatic heterocycles. The minimum absolute atomic E-state index is 0.875. The zero-order valence-corrected chi connectivity index (χ0v) is 6.54. The summed E-state index contributed by atoms with van der Waals surface area (Å²) in [4.78, 5) is 0. The molecule has 0 spiro atoms. The van der Waals surface area contributed by atoms with Crippen LogP contribution in [0.1, 0.15) is 13.8 Å². The van der Waals surface area contributed by atoms with Crippen molar-refractivity contribution in [2.24, 2.45) is 0 Å². The maximum absolute atomic E-state index is 9.31. The highest BCUT2D eigenvalue weighted by molar-refractivity contribution is 5.13. The molecule has 10 heavy (non-hydrogen) atoms. The third kappa shape index (κ3) is 4.10. The molecule has 1 nitrogen and oxygen atoms in total. The van der Waals surface area contributed by atoms with Crippen LogP contribution in [0.3, 0.4) is 0 Å². The summed E-state index contributed by atoms with van der Waals surface area (Å²) in [5.74, 6) is 0. The lowest BCUT2D eigenvalue weighted by Gasteiger charge is -2.10. The molecule has 0 amide bonds. The molecule has 0 rings (SSSR count). The largest absolute Gasteiger partial charge is 0.382 e. The van der Waals surface area contributed by atoms with Crippen molar-refractivity contribution >= 4 is 0 Å². The van der Waals surface area contributed by atoms with E-state index < -0.39 is 5.60 Å². The van der Waals surface area contributed by atoms with Gasteiger partial charge < -0.3 is 5.11 Å². The van der Waals surface area contributed by atoms with E-state index in [4.69, 9.17) is 0 Å². The number of rotatable bonds is 3. The van der Waals surface area contributed by atoms with Gasteiger partial charge >= 0.3 is 0 Å². The molecule has 1 atom stereocenters. The summed E-state index contributed by atoms with van der Waals surface area (Å²) in [6.45, 7) is 7.09. The quantitative estimate of drug-likeness (QED) is 0.467. The van der Waals surface area contributed by atoms with Gasteiger partial charge in [-0.3, -0.25) is 0 Å². The summed E-state index contributed by atoms with van der Waals surface area (Å²) in [5.41, 5.74) is -0.875. The van der Waals surface area contributed by atoms with Gasteiger partial charge in [0.15, 0.2) is 0 Å². The van der Waals surface area contributed by atoms with Crippen molar-refractivity contribution in [3.63, 3.8) is 0 Å². The van der Waals surface area contributed by atoms with E-state index in [-0.39, 0.29) is 0 Å². The van der Waals surface area contributed by atoms with Crippen molar-refractivity contribution in [1.82, 2.24) is 0 Å². The molecule has 0 aromatic rings. The molecule has 1 N–H and O–H groups in total. The highest BCUT2D eigenvalue weighted by Gasteiger charge is 2.07. The van der Waals surface area contributed by atoms with Crippen molar-refractivity contribution in [1.29, 1.82) is 0 Å². The molecule has 1 heteroatoms. The van der Waals surface area contributed by atoms with E-state index in [1.807, 2.05) is 19.1 Å². The van der Waals surface area contributed by atoms with Crippen molar-refractivity contribution in [3.05, 3.63) is 37.0 Å². The summed E-state index contributed by atoms with van der Waals surface area (Å²) in [6, 6.07) is 0. The normalized spacial score (nSPS) is 17.9. The van der Waals surface area contributed by atoms with Crippen LogP contribution in [0.4, 0.5) is 0 Å². The molecule has 0 aliphatic carbocycles. The average molecular weight is 138 g/mol. The van der Waals surface area contributed by atoms with Gasteiger partial charge in [0, 0.05) is 0 Å². The summed E-state index contributed by atoms with van der Waals surface area (Å²) in [7, 11) is 0. The van der Waals surface area contributed by atoms with Gasteiger partial charge in [-0.15, -0.1) is 0 Å². The Labute approximate surface area is 62.4 Å². The van der Waals surface area contributed by atoms with Crippen LogP contribution < -0.4 is 0 Å². The average Bonchev–Trinajstić information content (AvgIpc) is 1.89. The summed E-state index contributed by atoms with van der Waals surface area (Å²) in [5, 5.41) is 9.31. The van der Waals surface area contributed by atoms with Gasteiger partial charge in [0.25, 0.3) is 0 Å². The van der Waals surface area contributed by atoms with Gasteiger partial charge in [0.05, 0.1) is 5.60 Å². The van der Waals surface area contributed by atoms with Gasteiger partial charge in [0.2, 0.25) is 0 Å². The molecule has 0 saturated heterocycles. The fourth-order valence-electron chi connectivity index (χ4n) is 0.430. The van der Waals surface area contributed by atoms with Crippen LogP contribution in [0.25, 0.3) is 0 Å². The Hall–Kier alpha value is -0.820. The second-order valence-corrected chi connectivity index (χ2v) is 2.31. The number of hydrogen-bond donors (Lipinski definition) is 1. The van der Waals surface area contributed by atoms with E-state index in [0.29, 0.717) is 0 Å². The van der Waals surface area contributed by atoms with Gasteiger partial charge in [0.1, 0.15) is 0 Å². The second kappa shape index (κ2) is 4.07. The molecular weight excluding hydrogens is 124 g/mol. The lowest BCUT2D eigenvalue weighted by Crippen LogP contribution is -2.15. The number of hydrogen-bond acceptors (Lipinski definition) is 1. The van der Waals surface area contributed by atoms with Crippen LogP contribution in [0.2, 0.25) is 0 Å². The topological polar surface area (TPSA) is 20.2 Å². The molecule has 0 fully saturated rings. The van der Waals surface area contributed by atoms with Crippen molar-refractivity contribution < 1.29 is 5.11 Å². The molecule has 0 aromatic carbocycles. The van der Waals surface area contributed by atoms with Crippen LogP contribution in [0.5, 0.6) is 0 Å². The van der Waals surface area contributed by atoms with E-state index in [9.17, 15) is 5.11 Å². The van der Waals surface area contributed by atoms with Crippen LogP contribution in [-0.4, -0.2) is 10.7 Å². The molecule has 0 aliphatic heterocycles. The summed E-state index contributed by atoms with van der Waals surface area (Å²) >= 11 is 0. The maximum atomic E-state index is 9.31. The molecule has 1 unspecified atom stereocenters. The maximum Gasteiger partial charge on any atom is 0.0980 e. The third-order valence-electron chi connectivity index (χ3n) is 1.15. The number of aliphatic hydroxyl groups is 1. The SMILES string of the molecule is C=CC(C)(O)C=CC=CC. The Morgan fingerprint density at radius 1 is 1.40 bits per heavy atom. The van der Waals surface area contributed by atoms with E-state index in [2.05, 4.69) is 6.58 Å².